The van der Waals surface area contributed by atoms with Gasteiger partial charge in [-0.15, -0.1) is 0 Å². The highest BCUT2D eigenvalue weighted by molar-refractivity contribution is 5.78. The number of carbonyl (C=O) groups is 1. The maximum atomic E-state index is 12.4. The zero-order valence-electron chi connectivity index (χ0n) is 13.2. The molecule has 0 spiro atoms. The number of carbonyl (C=O) groups excluding carboxylic acids is 1. The topological polar surface area (TPSA) is 49.6 Å². The van der Waals surface area contributed by atoms with Crippen molar-refractivity contribution >= 4 is 5.91 Å². The molecule has 20 heavy (non-hydrogen) atoms. The van der Waals surface area contributed by atoms with Gasteiger partial charge in [-0.2, -0.15) is 0 Å². The van der Waals surface area contributed by atoms with Crippen LogP contribution in [0.1, 0.15) is 52.4 Å². The third-order valence-corrected chi connectivity index (χ3v) is 5.28. The normalized spacial score (nSPS) is 31.0. The Hall–Kier alpha value is -0.610. The van der Waals surface area contributed by atoms with E-state index in [0.29, 0.717) is 19.0 Å². The maximum Gasteiger partial charge on any atom is 0.236 e. The molecule has 2 atom stereocenters. The predicted octanol–water partition coefficient (Wildman–Crippen LogP) is 1.84. The number of hydrogen-bond donors (Lipinski definition) is 1. The summed E-state index contributed by atoms with van der Waals surface area (Å²) in [6, 6.07) is 0. The smallest absolute Gasteiger partial charge is 0.236 e. The second kappa shape index (κ2) is 6.90. The summed E-state index contributed by atoms with van der Waals surface area (Å²) in [5.74, 6) is 1.03. The van der Waals surface area contributed by atoms with E-state index in [1.165, 1.54) is 12.8 Å². The molecule has 0 aromatic rings. The Balaban J connectivity index is 2.02. The summed E-state index contributed by atoms with van der Waals surface area (Å²) in [5, 5.41) is 0. The molecule has 1 amide bonds. The van der Waals surface area contributed by atoms with Crippen LogP contribution in [0.2, 0.25) is 0 Å². The van der Waals surface area contributed by atoms with Gasteiger partial charge in [0, 0.05) is 25.2 Å². The van der Waals surface area contributed by atoms with Gasteiger partial charge in [-0.1, -0.05) is 26.7 Å². The quantitative estimate of drug-likeness (QED) is 0.836. The van der Waals surface area contributed by atoms with Crippen molar-refractivity contribution in [3.05, 3.63) is 0 Å². The van der Waals surface area contributed by atoms with Crippen molar-refractivity contribution in [2.24, 2.45) is 11.7 Å². The molecule has 4 nitrogen and oxygen atoms in total. The SMILES string of the molecule is CCN(CC(=O)N1CCCC1)C1(CN)CCCC(C)C1. The maximum absolute atomic E-state index is 12.4. The fourth-order valence-electron chi connectivity index (χ4n) is 4.08. The summed E-state index contributed by atoms with van der Waals surface area (Å²) >= 11 is 0. The van der Waals surface area contributed by atoms with Crippen LogP contribution in [0, 0.1) is 5.92 Å². The largest absolute Gasteiger partial charge is 0.342 e. The van der Waals surface area contributed by atoms with Crippen LogP contribution in [0.25, 0.3) is 0 Å². The highest BCUT2D eigenvalue weighted by Crippen LogP contribution is 2.36. The van der Waals surface area contributed by atoms with E-state index in [2.05, 4.69) is 18.7 Å². The van der Waals surface area contributed by atoms with Crippen molar-refractivity contribution in [3.63, 3.8) is 0 Å². The molecule has 1 aliphatic heterocycles. The lowest BCUT2D eigenvalue weighted by Crippen LogP contribution is -2.58. The molecule has 1 heterocycles. The minimum absolute atomic E-state index is 0.0573. The van der Waals surface area contributed by atoms with Gasteiger partial charge < -0.3 is 10.6 Å². The number of nitrogens with two attached hydrogens (primary N) is 1. The number of likely N-dealkylation sites (tertiary alicyclic amines) is 1. The number of amides is 1. The first kappa shape index (κ1) is 15.8. The van der Waals surface area contributed by atoms with Crippen molar-refractivity contribution in [1.82, 2.24) is 9.80 Å². The van der Waals surface area contributed by atoms with E-state index in [0.717, 1.165) is 51.2 Å². The van der Waals surface area contributed by atoms with E-state index in [1.54, 1.807) is 0 Å². The van der Waals surface area contributed by atoms with E-state index in [4.69, 9.17) is 5.73 Å². The summed E-state index contributed by atoms with van der Waals surface area (Å²) in [7, 11) is 0. The zero-order valence-corrected chi connectivity index (χ0v) is 13.2. The lowest BCUT2D eigenvalue weighted by molar-refractivity contribution is -0.133. The first-order chi connectivity index (χ1) is 9.61. The molecule has 1 saturated carbocycles. The second-order valence-electron chi connectivity index (χ2n) is 6.73. The van der Waals surface area contributed by atoms with E-state index in [1.807, 2.05) is 4.90 Å². The third kappa shape index (κ3) is 3.34. The van der Waals surface area contributed by atoms with Gasteiger partial charge in [0.05, 0.1) is 6.54 Å². The Morgan fingerprint density at radius 2 is 2.05 bits per heavy atom. The molecule has 0 aromatic carbocycles. The Morgan fingerprint density at radius 1 is 1.35 bits per heavy atom. The lowest BCUT2D eigenvalue weighted by Gasteiger charge is -2.47. The molecule has 1 aliphatic carbocycles. The second-order valence-corrected chi connectivity index (χ2v) is 6.73. The molecule has 1 saturated heterocycles. The van der Waals surface area contributed by atoms with Crippen molar-refractivity contribution in [3.8, 4) is 0 Å². The van der Waals surface area contributed by atoms with Crippen LogP contribution < -0.4 is 5.73 Å². The molecular weight excluding hydrogens is 250 g/mol. The van der Waals surface area contributed by atoms with Gasteiger partial charge in [-0.25, -0.2) is 0 Å². The molecule has 0 aromatic heterocycles. The Kier molecular flexibility index (Phi) is 5.44. The summed E-state index contributed by atoms with van der Waals surface area (Å²) in [5.41, 5.74) is 6.20. The van der Waals surface area contributed by atoms with Gasteiger partial charge in [-0.05, 0) is 38.1 Å². The van der Waals surface area contributed by atoms with Crippen LogP contribution in [0.3, 0.4) is 0 Å². The fraction of sp³-hybridized carbons (Fsp3) is 0.938. The molecule has 116 valence electrons. The van der Waals surface area contributed by atoms with Crippen LogP contribution in [-0.2, 0) is 4.79 Å². The van der Waals surface area contributed by atoms with Gasteiger partial charge in [0.25, 0.3) is 0 Å². The molecule has 0 bridgehead atoms. The third-order valence-electron chi connectivity index (χ3n) is 5.28. The molecule has 2 fully saturated rings. The number of nitrogens with zero attached hydrogens (tertiary/aromatic N) is 2. The van der Waals surface area contributed by atoms with E-state index in [-0.39, 0.29) is 5.54 Å². The van der Waals surface area contributed by atoms with Gasteiger partial charge in [-0.3, -0.25) is 9.69 Å². The van der Waals surface area contributed by atoms with Crippen molar-refractivity contribution in [1.29, 1.82) is 0 Å². The van der Waals surface area contributed by atoms with Gasteiger partial charge in [0.1, 0.15) is 0 Å². The molecular formula is C16H31N3O. The molecule has 2 N–H and O–H groups in total. The Bertz CT molecular complexity index is 328. The minimum Gasteiger partial charge on any atom is -0.342 e. The van der Waals surface area contributed by atoms with Gasteiger partial charge in [0.2, 0.25) is 5.91 Å². The summed E-state index contributed by atoms with van der Waals surface area (Å²) in [6.45, 7) is 8.53. The lowest BCUT2D eigenvalue weighted by atomic mass is 9.75. The van der Waals surface area contributed by atoms with Crippen molar-refractivity contribution in [2.45, 2.75) is 57.9 Å². The van der Waals surface area contributed by atoms with E-state index >= 15 is 0 Å². The summed E-state index contributed by atoms with van der Waals surface area (Å²) in [4.78, 5) is 16.8. The van der Waals surface area contributed by atoms with Crippen LogP contribution in [0.5, 0.6) is 0 Å². The summed E-state index contributed by atoms with van der Waals surface area (Å²) < 4.78 is 0. The first-order valence-electron chi connectivity index (χ1n) is 8.34. The summed E-state index contributed by atoms with van der Waals surface area (Å²) in [6.07, 6.45) is 7.17. The fourth-order valence-corrected chi connectivity index (χ4v) is 4.08. The standard InChI is InChI=1S/C16H31N3O/c1-3-19(12-15(20)18-9-4-5-10-18)16(13-17)8-6-7-14(2)11-16/h14H,3-13,17H2,1-2H3. The Morgan fingerprint density at radius 3 is 2.60 bits per heavy atom. The van der Waals surface area contributed by atoms with Crippen LogP contribution >= 0.6 is 0 Å². The van der Waals surface area contributed by atoms with E-state index < -0.39 is 0 Å². The number of likely N-dealkylation sites (N-methyl/N-ethyl adjacent to an activating group) is 1. The Labute approximate surface area is 123 Å². The molecule has 2 aliphatic rings. The van der Waals surface area contributed by atoms with Crippen molar-refractivity contribution < 1.29 is 4.79 Å². The van der Waals surface area contributed by atoms with Crippen molar-refractivity contribution in [2.75, 3.05) is 32.7 Å². The first-order valence-corrected chi connectivity index (χ1v) is 8.34. The zero-order chi connectivity index (χ0) is 14.6. The monoisotopic (exact) mass is 281 g/mol. The molecule has 2 rings (SSSR count). The highest BCUT2D eigenvalue weighted by Gasteiger charge is 2.39. The number of hydrogen-bond acceptors (Lipinski definition) is 3. The van der Waals surface area contributed by atoms with Gasteiger partial charge >= 0.3 is 0 Å². The van der Waals surface area contributed by atoms with Crippen LogP contribution in [-0.4, -0.2) is 54.0 Å². The van der Waals surface area contributed by atoms with Crippen LogP contribution in [0.15, 0.2) is 0 Å². The predicted molar refractivity (Wildman–Crippen MR) is 82.5 cm³/mol. The molecule has 4 heteroatoms. The molecule has 2 unspecified atom stereocenters. The molecule has 0 radical (unpaired) electrons. The van der Waals surface area contributed by atoms with Gasteiger partial charge in [0.15, 0.2) is 0 Å². The van der Waals surface area contributed by atoms with Crippen LogP contribution in [0.4, 0.5) is 0 Å². The highest BCUT2D eigenvalue weighted by atomic mass is 16.2. The average molecular weight is 281 g/mol. The number of rotatable bonds is 5. The average Bonchev–Trinajstić information content (AvgIpc) is 2.98. The minimum atomic E-state index is 0.0573. The van der Waals surface area contributed by atoms with E-state index in [9.17, 15) is 4.79 Å².